The van der Waals surface area contributed by atoms with Crippen LogP contribution in [0.1, 0.15) is 30.9 Å². The van der Waals surface area contributed by atoms with Crippen molar-refractivity contribution in [1.82, 2.24) is 4.57 Å². The smallest absolute Gasteiger partial charge is 0.338 e. The highest BCUT2D eigenvalue weighted by atomic mass is 35.5. The van der Waals surface area contributed by atoms with Crippen LogP contribution >= 0.6 is 22.9 Å². The van der Waals surface area contributed by atoms with Gasteiger partial charge in [0.15, 0.2) is 12.2 Å². The van der Waals surface area contributed by atoms with Crippen LogP contribution in [-0.2, 0) is 14.3 Å². The van der Waals surface area contributed by atoms with Crippen molar-refractivity contribution >= 4 is 58.5 Å². The summed E-state index contributed by atoms with van der Waals surface area (Å²) in [6.07, 6.45) is 2.93. The Kier molecular flexibility index (Phi) is 8.69. The number of carbonyl (C=O) groups excluding carboxylic acids is 1. The van der Waals surface area contributed by atoms with E-state index in [1.165, 1.54) is 11.0 Å². The maximum Gasteiger partial charge on any atom is 0.338 e. The number of anilines is 1. The molecule has 0 amide bonds. The molecule has 3 aromatic rings. The number of hydrogen-bond acceptors (Lipinski definition) is 8. The monoisotopic (exact) mass is 562 g/mol. The van der Waals surface area contributed by atoms with Crippen LogP contribution in [-0.4, -0.2) is 44.2 Å². The lowest BCUT2D eigenvalue weighted by molar-refractivity contribution is -0.136. The first-order valence-corrected chi connectivity index (χ1v) is 13.5. The molecule has 8 nitrogen and oxygen atoms in total. The highest BCUT2D eigenvalue weighted by Crippen LogP contribution is 2.38. The van der Waals surface area contributed by atoms with Crippen molar-refractivity contribution in [3.8, 4) is 6.07 Å². The van der Waals surface area contributed by atoms with Crippen molar-refractivity contribution in [2.24, 2.45) is 4.99 Å². The Morgan fingerprint density at radius 3 is 2.44 bits per heavy atom. The molecule has 39 heavy (non-hydrogen) atoms. The van der Waals surface area contributed by atoms with Crippen LogP contribution in [0.4, 0.5) is 5.69 Å². The first-order chi connectivity index (χ1) is 18.8. The van der Waals surface area contributed by atoms with Crippen molar-refractivity contribution in [2.45, 2.75) is 19.8 Å². The molecule has 200 valence electrons. The first kappa shape index (κ1) is 27.9. The summed E-state index contributed by atoms with van der Waals surface area (Å²) in [5, 5.41) is 11.0. The van der Waals surface area contributed by atoms with Gasteiger partial charge < -0.3 is 14.4 Å². The normalized spacial score (nSPS) is 15.3. The van der Waals surface area contributed by atoms with E-state index in [-0.39, 0.29) is 23.6 Å². The number of rotatable bonds is 8. The fourth-order valence-electron chi connectivity index (χ4n) is 4.20. The van der Waals surface area contributed by atoms with Crippen LogP contribution in [0.25, 0.3) is 17.5 Å². The second kappa shape index (κ2) is 12.2. The molecule has 10 heteroatoms. The summed E-state index contributed by atoms with van der Waals surface area (Å²) in [6, 6.07) is 16.8. The summed E-state index contributed by atoms with van der Waals surface area (Å²) in [5.74, 6) is -1.30. The Labute approximate surface area is 235 Å². The number of aromatic nitrogens is 1. The Morgan fingerprint density at radius 2 is 1.85 bits per heavy atom. The van der Waals surface area contributed by atoms with Gasteiger partial charge >= 0.3 is 5.97 Å². The first-order valence-electron chi connectivity index (χ1n) is 12.3. The number of benzene rings is 2. The summed E-state index contributed by atoms with van der Waals surface area (Å²) in [4.78, 5) is 33.6. The van der Waals surface area contributed by atoms with Crippen LogP contribution in [0, 0.1) is 11.3 Å². The van der Waals surface area contributed by atoms with E-state index in [4.69, 9.17) is 21.1 Å². The minimum Gasteiger partial charge on any atom is -0.483 e. The molecule has 0 saturated heterocycles. The third-order valence-corrected chi connectivity index (χ3v) is 7.39. The number of thiazole rings is 1. The molecule has 0 N–H and O–H groups in total. The highest BCUT2D eigenvalue weighted by Gasteiger charge is 2.37. The number of nitriles is 1. The minimum atomic E-state index is -0.805. The molecule has 2 aromatic carbocycles. The van der Waals surface area contributed by atoms with E-state index >= 15 is 0 Å². The SMILES string of the molecule is CCO/C=N/C1=C(C#N)C(c2ccc(N(C)C)cc2)C(C(=O)OCC)=c2s/c(=C\c3ccc(Cl)cc3)c(=O)n21. The zero-order valence-electron chi connectivity index (χ0n) is 22.0. The van der Waals surface area contributed by atoms with E-state index in [0.717, 1.165) is 22.6 Å². The molecular formula is C29H27ClN4O4S. The van der Waals surface area contributed by atoms with Crippen molar-refractivity contribution in [1.29, 1.82) is 5.26 Å². The Bertz CT molecular complexity index is 1660. The summed E-state index contributed by atoms with van der Waals surface area (Å²) >= 11 is 7.17. The van der Waals surface area contributed by atoms with Crippen molar-refractivity contribution < 1.29 is 14.3 Å². The second-order valence-corrected chi connectivity index (χ2v) is 10.2. The molecule has 0 spiro atoms. The van der Waals surface area contributed by atoms with Gasteiger partial charge in [0.2, 0.25) is 0 Å². The van der Waals surface area contributed by atoms with Crippen LogP contribution < -0.4 is 19.7 Å². The van der Waals surface area contributed by atoms with Gasteiger partial charge in [-0.25, -0.2) is 14.4 Å². The van der Waals surface area contributed by atoms with Gasteiger partial charge in [0, 0.05) is 24.8 Å². The highest BCUT2D eigenvalue weighted by molar-refractivity contribution is 7.07. The Morgan fingerprint density at radius 1 is 1.15 bits per heavy atom. The number of aliphatic imine (C=N–C) groups is 1. The third-order valence-electron chi connectivity index (χ3n) is 6.03. The Balaban J connectivity index is 2.10. The quantitative estimate of drug-likeness (QED) is 0.236. The maximum absolute atomic E-state index is 13.8. The van der Waals surface area contributed by atoms with Gasteiger partial charge in [-0.3, -0.25) is 4.79 Å². The standard InChI is InChI=1S/C29H27ClN4O4S/c1-5-37-17-32-26-22(16-31)24(19-9-13-21(14-10-19)33(3)4)25(29(36)38-6-2)28-34(26)27(35)23(39-28)15-18-7-11-20(30)12-8-18/h7-15,17,24H,5-6H2,1-4H3/b23-15-,32-17+. The van der Waals surface area contributed by atoms with Gasteiger partial charge in [-0.05, 0) is 55.3 Å². The van der Waals surface area contributed by atoms with Gasteiger partial charge in [0.05, 0.1) is 40.9 Å². The molecular weight excluding hydrogens is 536 g/mol. The van der Waals surface area contributed by atoms with Crippen LogP contribution in [0.3, 0.4) is 0 Å². The molecule has 4 rings (SSSR count). The largest absolute Gasteiger partial charge is 0.483 e. The molecule has 0 radical (unpaired) electrons. The summed E-state index contributed by atoms with van der Waals surface area (Å²) < 4.78 is 12.8. The zero-order chi connectivity index (χ0) is 28.1. The van der Waals surface area contributed by atoms with Crippen LogP contribution in [0.15, 0.2) is 63.9 Å². The van der Waals surface area contributed by atoms with Gasteiger partial charge in [0.25, 0.3) is 5.56 Å². The number of carbonyl (C=O) groups is 1. The summed E-state index contributed by atoms with van der Waals surface area (Å²) in [7, 11) is 3.85. The number of esters is 1. The molecule has 2 heterocycles. The van der Waals surface area contributed by atoms with Crippen molar-refractivity contribution in [3.05, 3.63) is 89.8 Å². The third kappa shape index (κ3) is 5.67. The average Bonchev–Trinajstić information content (AvgIpc) is 3.24. The van der Waals surface area contributed by atoms with Gasteiger partial charge in [-0.15, -0.1) is 11.3 Å². The molecule has 0 bridgehead atoms. The van der Waals surface area contributed by atoms with Crippen molar-refractivity contribution in [3.63, 3.8) is 0 Å². The zero-order valence-corrected chi connectivity index (χ0v) is 23.5. The van der Waals surface area contributed by atoms with E-state index in [1.54, 1.807) is 44.2 Å². The number of hydrogen-bond donors (Lipinski definition) is 0. The van der Waals surface area contributed by atoms with Crippen LogP contribution in [0.5, 0.6) is 0 Å². The molecule has 0 saturated carbocycles. The number of ether oxygens (including phenoxy) is 2. The lowest BCUT2D eigenvalue weighted by Crippen LogP contribution is -2.37. The van der Waals surface area contributed by atoms with Crippen LogP contribution in [0.2, 0.25) is 5.02 Å². The topological polar surface area (TPSA) is 96.9 Å². The van der Waals surface area contributed by atoms with E-state index in [9.17, 15) is 14.9 Å². The van der Waals surface area contributed by atoms with Gasteiger partial charge in [0.1, 0.15) is 4.66 Å². The Hall–Kier alpha value is -4.13. The molecule has 1 aromatic heterocycles. The molecule has 1 aliphatic rings. The van der Waals surface area contributed by atoms with E-state index in [0.29, 0.717) is 26.4 Å². The maximum atomic E-state index is 13.8. The van der Waals surface area contributed by atoms with Gasteiger partial charge in [-0.1, -0.05) is 35.9 Å². The number of fused-ring (bicyclic) bond motifs is 1. The van der Waals surface area contributed by atoms with E-state index in [1.807, 2.05) is 43.3 Å². The van der Waals surface area contributed by atoms with E-state index in [2.05, 4.69) is 11.1 Å². The molecule has 1 unspecified atom stereocenters. The lowest BCUT2D eigenvalue weighted by atomic mass is 9.83. The molecule has 1 aliphatic heterocycles. The molecule has 0 aliphatic carbocycles. The molecule has 0 fully saturated rings. The second-order valence-electron chi connectivity index (χ2n) is 8.70. The number of halogens is 1. The molecule has 1 atom stereocenters. The number of allylic oxidation sites excluding steroid dienone is 1. The van der Waals surface area contributed by atoms with Crippen molar-refractivity contribution in [2.75, 3.05) is 32.2 Å². The lowest BCUT2D eigenvalue weighted by Gasteiger charge is -2.25. The predicted molar refractivity (Wildman–Crippen MR) is 155 cm³/mol. The fraction of sp³-hybridized carbons (Fsp3) is 0.241. The minimum absolute atomic E-state index is 0.104. The predicted octanol–water partition coefficient (Wildman–Crippen LogP) is 3.73. The van der Waals surface area contributed by atoms with E-state index < -0.39 is 17.4 Å². The average molecular weight is 563 g/mol. The summed E-state index contributed by atoms with van der Waals surface area (Å²) in [5.41, 5.74) is 2.34. The fourth-order valence-corrected chi connectivity index (χ4v) is 5.48. The number of nitrogens with zero attached hydrogens (tertiary/aromatic N) is 4. The van der Waals surface area contributed by atoms with Gasteiger partial charge in [-0.2, -0.15) is 5.26 Å². The summed E-state index contributed by atoms with van der Waals surface area (Å²) in [6.45, 7) is 4.00.